The van der Waals surface area contributed by atoms with Crippen molar-refractivity contribution in [2.75, 3.05) is 13.1 Å². The van der Waals surface area contributed by atoms with E-state index in [2.05, 4.69) is 53.6 Å². The molecule has 1 amide bonds. The monoisotopic (exact) mass is 385 g/mol. The number of nitrogens with zero attached hydrogens (tertiary/aromatic N) is 1. The highest BCUT2D eigenvalue weighted by Gasteiger charge is 2.34. The zero-order valence-corrected chi connectivity index (χ0v) is 17.3. The quantitative estimate of drug-likeness (QED) is 0.791. The Morgan fingerprint density at radius 3 is 2.32 bits per heavy atom. The first-order valence-corrected chi connectivity index (χ1v) is 11.0. The molecule has 28 heavy (non-hydrogen) atoms. The fourth-order valence-corrected chi connectivity index (χ4v) is 5.31. The number of hydrogen-bond acceptors (Lipinski definition) is 4. The maximum absolute atomic E-state index is 12.4. The van der Waals surface area contributed by atoms with Crippen molar-refractivity contribution in [2.45, 2.75) is 83.3 Å². The molecule has 2 bridgehead atoms. The van der Waals surface area contributed by atoms with Gasteiger partial charge in [0.2, 0.25) is 5.91 Å². The summed E-state index contributed by atoms with van der Waals surface area (Å²) in [5.41, 5.74) is 2.49. The molecule has 0 spiro atoms. The van der Waals surface area contributed by atoms with Crippen LogP contribution in [0.15, 0.2) is 24.3 Å². The van der Waals surface area contributed by atoms with E-state index in [4.69, 9.17) is 4.74 Å². The smallest absolute Gasteiger partial charge is 0.220 e. The van der Waals surface area contributed by atoms with Crippen molar-refractivity contribution in [1.29, 1.82) is 0 Å². The molecule has 4 atom stereocenters. The normalized spacial score (nSPS) is 33.0. The predicted molar refractivity (Wildman–Crippen MR) is 111 cm³/mol. The van der Waals surface area contributed by atoms with Gasteiger partial charge in [0, 0.05) is 44.7 Å². The summed E-state index contributed by atoms with van der Waals surface area (Å²) in [5.74, 6) is 0.756. The number of nitrogens with one attached hydrogen (secondary N) is 2. The Labute approximate surface area is 169 Å². The second-order valence-corrected chi connectivity index (χ2v) is 9.22. The van der Waals surface area contributed by atoms with Gasteiger partial charge in [-0.15, -0.1) is 0 Å². The van der Waals surface area contributed by atoms with Gasteiger partial charge in [-0.1, -0.05) is 24.3 Å². The van der Waals surface area contributed by atoms with Crippen molar-refractivity contribution in [3.05, 3.63) is 35.4 Å². The highest BCUT2D eigenvalue weighted by Crippen LogP contribution is 2.32. The molecule has 3 aliphatic rings. The van der Waals surface area contributed by atoms with Crippen LogP contribution in [0.2, 0.25) is 0 Å². The van der Waals surface area contributed by atoms with E-state index in [-0.39, 0.29) is 5.91 Å². The molecule has 3 fully saturated rings. The SMILES string of the molecule is CC1CN(Cc2ccc(CNC(=O)CC3CC4CCC(C3)N4)cc2)CC(C)O1. The predicted octanol–water partition coefficient (Wildman–Crippen LogP) is 2.83. The first-order valence-electron chi connectivity index (χ1n) is 11.0. The van der Waals surface area contributed by atoms with Gasteiger partial charge in [-0.2, -0.15) is 0 Å². The van der Waals surface area contributed by atoms with E-state index in [1.807, 2.05) is 0 Å². The average molecular weight is 386 g/mol. The van der Waals surface area contributed by atoms with Crippen LogP contribution in [0.3, 0.4) is 0 Å². The average Bonchev–Trinajstić information content (AvgIpc) is 2.98. The number of ether oxygens (including phenoxy) is 1. The summed E-state index contributed by atoms with van der Waals surface area (Å²) in [4.78, 5) is 14.8. The van der Waals surface area contributed by atoms with Gasteiger partial charge in [0.15, 0.2) is 0 Å². The van der Waals surface area contributed by atoms with Gasteiger partial charge in [-0.05, 0) is 56.6 Å². The zero-order chi connectivity index (χ0) is 19.5. The van der Waals surface area contributed by atoms with E-state index < -0.39 is 0 Å². The molecule has 3 aliphatic heterocycles. The summed E-state index contributed by atoms with van der Waals surface area (Å²) >= 11 is 0. The van der Waals surface area contributed by atoms with Crippen LogP contribution in [0.4, 0.5) is 0 Å². The topological polar surface area (TPSA) is 53.6 Å². The molecule has 0 aliphatic carbocycles. The fourth-order valence-electron chi connectivity index (χ4n) is 5.31. The van der Waals surface area contributed by atoms with E-state index in [9.17, 15) is 4.79 Å². The lowest BCUT2D eigenvalue weighted by atomic mass is 9.89. The molecule has 1 aromatic rings. The summed E-state index contributed by atoms with van der Waals surface area (Å²) in [6, 6.07) is 9.98. The molecule has 1 aromatic carbocycles. The molecule has 5 nitrogen and oxygen atoms in total. The molecule has 4 unspecified atom stereocenters. The van der Waals surface area contributed by atoms with Gasteiger partial charge < -0.3 is 15.4 Å². The van der Waals surface area contributed by atoms with Crippen LogP contribution in [-0.4, -0.2) is 48.2 Å². The molecule has 4 rings (SSSR count). The number of benzene rings is 1. The minimum Gasteiger partial charge on any atom is -0.373 e. The minimum absolute atomic E-state index is 0.201. The summed E-state index contributed by atoms with van der Waals surface area (Å²) in [5, 5.41) is 6.77. The van der Waals surface area contributed by atoms with Crippen LogP contribution in [0.25, 0.3) is 0 Å². The third-order valence-electron chi connectivity index (χ3n) is 6.46. The Morgan fingerprint density at radius 1 is 1.07 bits per heavy atom. The maximum atomic E-state index is 12.4. The first-order chi connectivity index (χ1) is 13.5. The summed E-state index contributed by atoms with van der Waals surface area (Å²) in [6.07, 6.45) is 6.19. The van der Waals surface area contributed by atoms with Gasteiger partial charge in [-0.25, -0.2) is 0 Å². The molecular formula is C23H35N3O2. The van der Waals surface area contributed by atoms with Crippen LogP contribution >= 0.6 is 0 Å². The van der Waals surface area contributed by atoms with Crippen LogP contribution in [0, 0.1) is 5.92 Å². The van der Waals surface area contributed by atoms with Crippen molar-refractivity contribution >= 4 is 5.91 Å². The Bertz CT molecular complexity index is 640. The minimum atomic E-state index is 0.201. The second-order valence-electron chi connectivity index (χ2n) is 9.22. The molecule has 0 aromatic heterocycles. The standard InChI is InChI=1S/C23H35N3O2/c1-16-13-26(14-17(2)28-16)15-19-5-3-18(4-6-19)12-24-23(27)11-20-9-21-7-8-22(10-20)25-21/h3-6,16-17,20-22,25H,7-15H2,1-2H3,(H,24,27). The fraction of sp³-hybridized carbons (Fsp3) is 0.696. The van der Waals surface area contributed by atoms with E-state index >= 15 is 0 Å². The molecule has 5 heteroatoms. The Kier molecular flexibility index (Phi) is 6.34. The highest BCUT2D eigenvalue weighted by molar-refractivity contribution is 5.76. The van der Waals surface area contributed by atoms with Gasteiger partial charge >= 0.3 is 0 Å². The largest absolute Gasteiger partial charge is 0.373 e. The lowest BCUT2D eigenvalue weighted by Gasteiger charge is -2.35. The summed E-state index contributed by atoms with van der Waals surface area (Å²) in [7, 11) is 0. The first kappa shape index (κ1) is 19.9. The third-order valence-corrected chi connectivity index (χ3v) is 6.46. The number of piperidine rings is 1. The summed E-state index contributed by atoms with van der Waals surface area (Å²) < 4.78 is 5.81. The summed E-state index contributed by atoms with van der Waals surface area (Å²) in [6.45, 7) is 7.85. The maximum Gasteiger partial charge on any atom is 0.220 e. The highest BCUT2D eigenvalue weighted by atomic mass is 16.5. The Balaban J connectivity index is 1.20. The van der Waals surface area contributed by atoms with Crippen molar-refractivity contribution < 1.29 is 9.53 Å². The van der Waals surface area contributed by atoms with E-state index in [0.29, 0.717) is 43.2 Å². The van der Waals surface area contributed by atoms with Crippen LogP contribution in [0.5, 0.6) is 0 Å². The van der Waals surface area contributed by atoms with Crippen molar-refractivity contribution in [3.63, 3.8) is 0 Å². The molecule has 3 heterocycles. The van der Waals surface area contributed by atoms with Gasteiger partial charge in [0.05, 0.1) is 12.2 Å². The third kappa shape index (κ3) is 5.34. The lowest BCUT2D eigenvalue weighted by molar-refractivity contribution is -0.122. The number of amides is 1. The van der Waals surface area contributed by atoms with E-state index in [1.165, 1.54) is 24.0 Å². The molecule has 3 saturated heterocycles. The molecule has 0 radical (unpaired) electrons. The number of hydrogen-bond donors (Lipinski definition) is 2. The van der Waals surface area contributed by atoms with Crippen molar-refractivity contribution in [3.8, 4) is 0 Å². The number of carbonyl (C=O) groups is 1. The molecule has 0 saturated carbocycles. The molecular weight excluding hydrogens is 350 g/mol. The Morgan fingerprint density at radius 2 is 1.68 bits per heavy atom. The molecule has 2 N–H and O–H groups in total. The van der Waals surface area contributed by atoms with Crippen molar-refractivity contribution in [1.82, 2.24) is 15.5 Å². The van der Waals surface area contributed by atoms with Gasteiger partial charge in [0.25, 0.3) is 0 Å². The van der Waals surface area contributed by atoms with Crippen LogP contribution < -0.4 is 10.6 Å². The molecule has 154 valence electrons. The van der Waals surface area contributed by atoms with E-state index in [0.717, 1.165) is 32.5 Å². The Hall–Kier alpha value is -1.43. The number of morpholine rings is 1. The number of rotatable bonds is 6. The van der Waals surface area contributed by atoms with Gasteiger partial charge in [-0.3, -0.25) is 9.69 Å². The lowest BCUT2D eigenvalue weighted by Crippen LogP contribution is -2.44. The van der Waals surface area contributed by atoms with E-state index in [1.54, 1.807) is 0 Å². The zero-order valence-electron chi connectivity index (χ0n) is 17.3. The second kappa shape index (κ2) is 8.93. The van der Waals surface area contributed by atoms with Crippen LogP contribution in [-0.2, 0) is 22.6 Å². The number of fused-ring (bicyclic) bond motifs is 2. The van der Waals surface area contributed by atoms with Crippen molar-refractivity contribution in [2.24, 2.45) is 5.92 Å². The van der Waals surface area contributed by atoms with Gasteiger partial charge in [0.1, 0.15) is 0 Å². The number of carbonyl (C=O) groups excluding carboxylic acids is 1. The van der Waals surface area contributed by atoms with Crippen LogP contribution in [0.1, 0.15) is 57.1 Å².